The van der Waals surface area contributed by atoms with Crippen molar-refractivity contribution in [3.05, 3.63) is 47.0 Å². The van der Waals surface area contributed by atoms with Gasteiger partial charge in [0.15, 0.2) is 0 Å². The summed E-state index contributed by atoms with van der Waals surface area (Å²) in [5.74, 6) is 0.981. The highest BCUT2D eigenvalue weighted by molar-refractivity contribution is 6.33. The van der Waals surface area contributed by atoms with Crippen LogP contribution in [0.25, 0.3) is 11.1 Å². The molecule has 0 bridgehead atoms. The Morgan fingerprint density at radius 2 is 2.06 bits per heavy atom. The van der Waals surface area contributed by atoms with Crippen LogP contribution in [-0.2, 0) is 6.42 Å². The molecule has 0 unspecified atom stereocenters. The number of anilines is 1. The predicted molar refractivity (Wildman–Crippen MR) is 70.5 cm³/mol. The van der Waals surface area contributed by atoms with E-state index in [1.807, 2.05) is 30.3 Å². The SMILES string of the molecule is Nc1cc(-c2cccc3c2OCC3)ccc1Cl. The first-order chi connectivity index (χ1) is 8.25. The van der Waals surface area contributed by atoms with E-state index < -0.39 is 0 Å². The number of hydrogen-bond donors (Lipinski definition) is 1. The van der Waals surface area contributed by atoms with E-state index in [9.17, 15) is 0 Å². The third-order valence-electron chi connectivity index (χ3n) is 3.02. The molecule has 1 aliphatic heterocycles. The first-order valence-corrected chi connectivity index (χ1v) is 5.93. The largest absolute Gasteiger partial charge is 0.492 e. The van der Waals surface area contributed by atoms with Crippen molar-refractivity contribution in [2.45, 2.75) is 6.42 Å². The molecule has 3 heteroatoms. The maximum absolute atomic E-state index is 5.93. The molecule has 17 heavy (non-hydrogen) atoms. The van der Waals surface area contributed by atoms with Crippen molar-refractivity contribution in [2.75, 3.05) is 12.3 Å². The number of halogens is 1. The topological polar surface area (TPSA) is 35.2 Å². The summed E-state index contributed by atoms with van der Waals surface area (Å²) in [4.78, 5) is 0. The van der Waals surface area contributed by atoms with E-state index in [2.05, 4.69) is 6.07 Å². The van der Waals surface area contributed by atoms with Crippen molar-refractivity contribution < 1.29 is 4.74 Å². The van der Waals surface area contributed by atoms with Gasteiger partial charge in [-0.15, -0.1) is 0 Å². The average molecular weight is 246 g/mol. The van der Waals surface area contributed by atoms with Crippen LogP contribution < -0.4 is 10.5 Å². The lowest BCUT2D eigenvalue weighted by molar-refractivity contribution is 0.358. The zero-order valence-corrected chi connectivity index (χ0v) is 10.00. The summed E-state index contributed by atoms with van der Waals surface area (Å²) >= 11 is 5.93. The monoisotopic (exact) mass is 245 g/mol. The smallest absolute Gasteiger partial charge is 0.130 e. The van der Waals surface area contributed by atoms with Crippen molar-refractivity contribution in [3.8, 4) is 16.9 Å². The van der Waals surface area contributed by atoms with Gasteiger partial charge in [0.1, 0.15) is 5.75 Å². The molecule has 2 N–H and O–H groups in total. The van der Waals surface area contributed by atoms with Crippen LogP contribution in [0.1, 0.15) is 5.56 Å². The Bertz CT molecular complexity index is 580. The molecule has 86 valence electrons. The van der Waals surface area contributed by atoms with Crippen LogP contribution in [0.15, 0.2) is 36.4 Å². The van der Waals surface area contributed by atoms with E-state index in [0.29, 0.717) is 10.7 Å². The fourth-order valence-corrected chi connectivity index (χ4v) is 2.27. The van der Waals surface area contributed by atoms with Crippen molar-refractivity contribution in [1.29, 1.82) is 0 Å². The molecule has 2 aromatic rings. The molecule has 0 saturated heterocycles. The third kappa shape index (κ3) is 1.75. The zero-order chi connectivity index (χ0) is 11.8. The number of benzene rings is 2. The van der Waals surface area contributed by atoms with Crippen LogP contribution in [0, 0.1) is 0 Å². The molecule has 0 radical (unpaired) electrons. The van der Waals surface area contributed by atoms with Gasteiger partial charge in [0.2, 0.25) is 0 Å². The van der Waals surface area contributed by atoms with Crippen molar-refractivity contribution in [1.82, 2.24) is 0 Å². The highest BCUT2D eigenvalue weighted by Gasteiger charge is 2.17. The molecule has 0 aromatic heterocycles. The molecule has 0 amide bonds. The zero-order valence-electron chi connectivity index (χ0n) is 9.24. The van der Waals surface area contributed by atoms with Gasteiger partial charge in [0.25, 0.3) is 0 Å². The van der Waals surface area contributed by atoms with E-state index in [4.69, 9.17) is 22.1 Å². The Kier molecular flexibility index (Phi) is 2.45. The number of hydrogen-bond acceptors (Lipinski definition) is 2. The maximum atomic E-state index is 5.93. The highest BCUT2D eigenvalue weighted by Crippen LogP contribution is 2.38. The molecule has 2 nitrogen and oxygen atoms in total. The second-order valence-corrected chi connectivity index (χ2v) is 4.54. The van der Waals surface area contributed by atoms with Crippen molar-refractivity contribution >= 4 is 17.3 Å². The average Bonchev–Trinajstić information content (AvgIpc) is 2.80. The third-order valence-corrected chi connectivity index (χ3v) is 3.37. The standard InChI is InChI=1S/C14H12ClNO/c15-12-5-4-10(8-13(12)16)11-3-1-2-9-6-7-17-14(9)11/h1-5,8H,6-7,16H2. The summed E-state index contributed by atoms with van der Waals surface area (Å²) in [6.45, 7) is 0.759. The Morgan fingerprint density at radius 1 is 1.18 bits per heavy atom. The molecule has 0 spiro atoms. The predicted octanol–water partition coefficient (Wildman–Crippen LogP) is 3.52. The van der Waals surface area contributed by atoms with Crippen LogP contribution >= 0.6 is 11.6 Å². The van der Waals surface area contributed by atoms with Gasteiger partial charge < -0.3 is 10.5 Å². The molecule has 1 heterocycles. The fourth-order valence-electron chi connectivity index (χ4n) is 2.15. The second-order valence-electron chi connectivity index (χ2n) is 4.13. The number of para-hydroxylation sites is 1. The molecule has 2 aromatic carbocycles. The van der Waals surface area contributed by atoms with Crippen molar-refractivity contribution in [2.24, 2.45) is 0 Å². The molecule has 0 fully saturated rings. The summed E-state index contributed by atoms with van der Waals surface area (Å²) < 4.78 is 5.68. The molecule has 0 saturated carbocycles. The lowest BCUT2D eigenvalue weighted by Gasteiger charge is -2.09. The summed E-state index contributed by atoms with van der Waals surface area (Å²) in [5, 5.41) is 0.585. The van der Waals surface area contributed by atoms with Crippen LogP contribution in [0.5, 0.6) is 5.75 Å². The molecule has 1 aliphatic rings. The van der Waals surface area contributed by atoms with Crippen LogP contribution in [-0.4, -0.2) is 6.61 Å². The van der Waals surface area contributed by atoms with Gasteiger partial charge in [-0.05, 0) is 23.3 Å². The van der Waals surface area contributed by atoms with E-state index in [1.54, 1.807) is 0 Å². The van der Waals surface area contributed by atoms with Crippen molar-refractivity contribution in [3.63, 3.8) is 0 Å². The number of ether oxygens (including phenoxy) is 1. The summed E-state index contributed by atoms with van der Waals surface area (Å²) in [7, 11) is 0. The highest BCUT2D eigenvalue weighted by atomic mass is 35.5. The van der Waals surface area contributed by atoms with Crippen LogP contribution in [0.3, 0.4) is 0 Å². The summed E-state index contributed by atoms with van der Waals surface area (Å²) in [6, 6.07) is 11.9. The van der Waals surface area contributed by atoms with Gasteiger partial charge in [-0.2, -0.15) is 0 Å². The Labute approximate surface area is 105 Å². The maximum Gasteiger partial charge on any atom is 0.130 e. The van der Waals surface area contributed by atoms with Gasteiger partial charge in [-0.25, -0.2) is 0 Å². The minimum Gasteiger partial charge on any atom is -0.492 e. The number of rotatable bonds is 1. The lowest BCUT2D eigenvalue weighted by Crippen LogP contribution is -1.90. The fraction of sp³-hybridized carbons (Fsp3) is 0.143. The van der Waals surface area contributed by atoms with E-state index >= 15 is 0 Å². The molecule has 3 rings (SSSR count). The lowest BCUT2D eigenvalue weighted by atomic mass is 10.0. The first-order valence-electron chi connectivity index (χ1n) is 5.56. The van der Waals surface area contributed by atoms with Crippen LogP contribution in [0.4, 0.5) is 5.69 Å². The Balaban J connectivity index is 2.15. The van der Waals surface area contributed by atoms with Crippen LogP contribution in [0.2, 0.25) is 5.02 Å². The quantitative estimate of drug-likeness (QED) is 0.781. The summed E-state index contributed by atoms with van der Waals surface area (Å²) in [5.41, 5.74) is 9.82. The summed E-state index contributed by atoms with van der Waals surface area (Å²) in [6.07, 6.45) is 0.978. The molecule has 0 aliphatic carbocycles. The Hall–Kier alpha value is -1.67. The molecule has 0 atom stereocenters. The van der Waals surface area contributed by atoms with Gasteiger partial charge >= 0.3 is 0 Å². The number of nitrogen functional groups attached to an aromatic ring is 1. The van der Waals surface area contributed by atoms with Gasteiger partial charge in [-0.3, -0.25) is 0 Å². The van der Waals surface area contributed by atoms with Gasteiger partial charge in [-0.1, -0.05) is 35.9 Å². The van der Waals surface area contributed by atoms with E-state index in [0.717, 1.165) is 29.9 Å². The Morgan fingerprint density at radius 3 is 2.88 bits per heavy atom. The van der Waals surface area contributed by atoms with E-state index in [1.165, 1.54) is 5.56 Å². The first kappa shape index (κ1) is 10.5. The number of nitrogens with two attached hydrogens (primary N) is 1. The molecular formula is C14H12ClNO. The minimum atomic E-state index is 0.585. The van der Waals surface area contributed by atoms with Gasteiger partial charge in [0.05, 0.1) is 17.3 Å². The normalized spacial score (nSPS) is 13.2. The van der Waals surface area contributed by atoms with E-state index in [-0.39, 0.29) is 0 Å². The minimum absolute atomic E-state index is 0.585. The van der Waals surface area contributed by atoms with Gasteiger partial charge in [0, 0.05) is 12.0 Å². The molecular weight excluding hydrogens is 234 g/mol. The number of fused-ring (bicyclic) bond motifs is 1. The second kappa shape index (κ2) is 3.97.